The Labute approximate surface area is 141 Å². The molecule has 0 aliphatic heterocycles. The molecular weight excluding hydrogens is 391 g/mol. The third kappa shape index (κ3) is 8.15. The molecule has 0 aromatic heterocycles. The van der Waals surface area contributed by atoms with Gasteiger partial charge in [-0.1, -0.05) is 0 Å². The summed E-state index contributed by atoms with van der Waals surface area (Å²) in [5, 5.41) is 6.01. The summed E-state index contributed by atoms with van der Waals surface area (Å²) >= 11 is 0. The summed E-state index contributed by atoms with van der Waals surface area (Å²) in [4.78, 5) is 4.01. The summed E-state index contributed by atoms with van der Waals surface area (Å²) in [6.45, 7) is 4.20. The van der Waals surface area contributed by atoms with Crippen LogP contribution in [0.25, 0.3) is 0 Å². The molecule has 21 heavy (non-hydrogen) atoms. The number of benzene rings is 1. The van der Waals surface area contributed by atoms with Crippen LogP contribution < -0.4 is 10.6 Å². The Balaban J connectivity index is 0.00000400. The summed E-state index contributed by atoms with van der Waals surface area (Å²) in [6, 6.07) is 3.38. The Morgan fingerprint density at radius 3 is 2.71 bits per heavy atom. The zero-order chi connectivity index (χ0) is 14.8. The minimum Gasteiger partial charge on any atom is -0.382 e. The van der Waals surface area contributed by atoms with Crippen molar-refractivity contribution in [1.82, 2.24) is 10.6 Å². The summed E-state index contributed by atoms with van der Waals surface area (Å²) in [5.74, 6) is -0.348. The number of guanidine groups is 1. The van der Waals surface area contributed by atoms with Crippen molar-refractivity contribution in [3.05, 3.63) is 35.4 Å². The van der Waals surface area contributed by atoms with E-state index in [-0.39, 0.29) is 36.1 Å². The van der Waals surface area contributed by atoms with Crippen LogP contribution in [0, 0.1) is 11.6 Å². The van der Waals surface area contributed by atoms with E-state index in [4.69, 9.17) is 4.74 Å². The van der Waals surface area contributed by atoms with Crippen LogP contribution in [0.1, 0.15) is 18.9 Å². The third-order valence-corrected chi connectivity index (χ3v) is 2.64. The normalized spacial score (nSPS) is 11.0. The highest BCUT2D eigenvalue weighted by atomic mass is 127. The SMILES string of the molecule is CCOCCCNC(=NC)NCc1cc(F)ccc1F.I. The average molecular weight is 413 g/mol. The second-order valence-corrected chi connectivity index (χ2v) is 4.14. The molecule has 0 aliphatic carbocycles. The minimum absolute atomic E-state index is 0. The number of hydrogen-bond donors (Lipinski definition) is 2. The molecule has 0 aliphatic rings. The molecule has 2 N–H and O–H groups in total. The van der Waals surface area contributed by atoms with E-state index in [0.717, 1.165) is 18.6 Å². The lowest BCUT2D eigenvalue weighted by molar-refractivity contribution is 0.145. The van der Waals surface area contributed by atoms with Crippen LogP contribution in [0.15, 0.2) is 23.2 Å². The topological polar surface area (TPSA) is 45.6 Å². The van der Waals surface area contributed by atoms with E-state index >= 15 is 0 Å². The fourth-order valence-corrected chi connectivity index (χ4v) is 1.60. The number of rotatable bonds is 7. The highest BCUT2D eigenvalue weighted by Crippen LogP contribution is 2.08. The van der Waals surface area contributed by atoms with Crippen molar-refractivity contribution in [1.29, 1.82) is 0 Å². The van der Waals surface area contributed by atoms with Crippen molar-refractivity contribution >= 4 is 29.9 Å². The van der Waals surface area contributed by atoms with Crippen LogP contribution in [-0.4, -0.2) is 32.8 Å². The maximum absolute atomic E-state index is 13.4. The molecule has 0 saturated carbocycles. The highest BCUT2D eigenvalue weighted by molar-refractivity contribution is 14.0. The van der Waals surface area contributed by atoms with Crippen LogP contribution in [0.5, 0.6) is 0 Å². The molecule has 0 unspecified atom stereocenters. The van der Waals surface area contributed by atoms with Gasteiger partial charge in [0.25, 0.3) is 0 Å². The van der Waals surface area contributed by atoms with E-state index in [1.54, 1.807) is 7.05 Å². The van der Waals surface area contributed by atoms with E-state index < -0.39 is 11.6 Å². The molecule has 1 rings (SSSR count). The Bertz CT molecular complexity index is 444. The average Bonchev–Trinajstić information content (AvgIpc) is 2.45. The summed E-state index contributed by atoms with van der Waals surface area (Å²) in [7, 11) is 1.62. The first kappa shape index (κ1) is 20.0. The third-order valence-electron chi connectivity index (χ3n) is 2.64. The van der Waals surface area contributed by atoms with Gasteiger partial charge >= 0.3 is 0 Å². The molecule has 0 spiro atoms. The second kappa shape index (κ2) is 11.7. The van der Waals surface area contributed by atoms with Crippen molar-refractivity contribution in [2.24, 2.45) is 4.99 Å². The number of ether oxygens (including phenoxy) is 1. The lowest BCUT2D eigenvalue weighted by atomic mass is 10.2. The zero-order valence-electron chi connectivity index (χ0n) is 12.3. The monoisotopic (exact) mass is 413 g/mol. The molecular formula is C14H22F2IN3O. The lowest BCUT2D eigenvalue weighted by Gasteiger charge is -2.12. The molecule has 120 valence electrons. The van der Waals surface area contributed by atoms with Gasteiger partial charge in [-0.2, -0.15) is 0 Å². The first-order chi connectivity index (χ1) is 9.67. The molecule has 7 heteroatoms. The fraction of sp³-hybridized carbons (Fsp3) is 0.500. The standard InChI is InChI=1S/C14H21F2N3O.HI/c1-3-20-8-4-7-18-14(17-2)19-10-11-9-12(15)5-6-13(11)16;/h5-6,9H,3-4,7-8,10H2,1-2H3,(H2,17,18,19);1H. The van der Waals surface area contributed by atoms with E-state index in [1.165, 1.54) is 6.07 Å². The van der Waals surface area contributed by atoms with Gasteiger partial charge in [0.15, 0.2) is 5.96 Å². The first-order valence-electron chi connectivity index (χ1n) is 6.63. The summed E-state index contributed by atoms with van der Waals surface area (Å²) in [6.07, 6.45) is 0.850. The molecule has 0 saturated heterocycles. The molecule has 0 atom stereocenters. The molecule has 0 heterocycles. The first-order valence-corrected chi connectivity index (χ1v) is 6.63. The lowest BCUT2D eigenvalue weighted by Crippen LogP contribution is -2.37. The van der Waals surface area contributed by atoms with Gasteiger partial charge in [-0.15, -0.1) is 24.0 Å². The van der Waals surface area contributed by atoms with Crippen molar-refractivity contribution in [2.75, 3.05) is 26.8 Å². The van der Waals surface area contributed by atoms with Gasteiger partial charge < -0.3 is 15.4 Å². The minimum atomic E-state index is -0.456. The Morgan fingerprint density at radius 1 is 1.29 bits per heavy atom. The van der Waals surface area contributed by atoms with Crippen molar-refractivity contribution in [2.45, 2.75) is 19.9 Å². The molecule has 0 radical (unpaired) electrons. The van der Waals surface area contributed by atoms with Crippen molar-refractivity contribution in [3.8, 4) is 0 Å². The maximum atomic E-state index is 13.4. The van der Waals surface area contributed by atoms with Gasteiger partial charge in [-0.05, 0) is 31.5 Å². The molecule has 0 bridgehead atoms. The predicted octanol–water partition coefficient (Wildman–Crippen LogP) is 2.67. The molecule has 1 aromatic rings. The summed E-state index contributed by atoms with van der Waals surface area (Å²) < 4.78 is 31.7. The van der Waals surface area contributed by atoms with Crippen LogP contribution in [-0.2, 0) is 11.3 Å². The number of aliphatic imine (C=N–C) groups is 1. The predicted molar refractivity (Wildman–Crippen MR) is 91.1 cm³/mol. The molecule has 0 amide bonds. The Hall–Kier alpha value is -0.960. The Morgan fingerprint density at radius 2 is 2.05 bits per heavy atom. The molecule has 0 fully saturated rings. The number of nitrogens with zero attached hydrogens (tertiary/aromatic N) is 1. The number of hydrogen-bond acceptors (Lipinski definition) is 2. The van der Waals surface area contributed by atoms with Gasteiger partial charge in [-0.25, -0.2) is 8.78 Å². The van der Waals surface area contributed by atoms with E-state index in [9.17, 15) is 8.78 Å². The quantitative estimate of drug-likeness (QED) is 0.313. The second-order valence-electron chi connectivity index (χ2n) is 4.14. The van der Waals surface area contributed by atoms with Crippen LogP contribution >= 0.6 is 24.0 Å². The summed E-state index contributed by atoms with van der Waals surface area (Å²) in [5.41, 5.74) is 0.266. The number of halogens is 3. The molecule has 4 nitrogen and oxygen atoms in total. The van der Waals surface area contributed by atoms with Gasteiger partial charge in [0, 0.05) is 38.9 Å². The Kier molecular flexibility index (Phi) is 11.1. The van der Waals surface area contributed by atoms with Crippen LogP contribution in [0.4, 0.5) is 8.78 Å². The van der Waals surface area contributed by atoms with Crippen LogP contribution in [0.2, 0.25) is 0 Å². The van der Waals surface area contributed by atoms with Gasteiger partial charge in [0.1, 0.15) is 11.6 Å². The van der Waals surface area contributed by atoms with Gasteiger partial charge in [0.2, 0.25) is 0 Å². The number of nitrogens with one attached hydrogen (secondary N) is 2. The van der Waals surface area contributed by atoms with E-state index in [0.29, 0.717) is 25.7 Å². The highest BCUT2D eigenvalue weighted by Gasteiger charge is 2.04. The van der Waals surface area contributed by atoms with Gasteiger partial charge in [0.05, 0.1) is 0 Å². The van der Waals surface area contributed by atoms with Crippen LogP contribution in [0.3, 0.4) is 0 Å². The fourth-order valence-electron chi connectivity index (χ4n) is 1.60. The van der Waals surface area contributed by atoms with Crippen molar-refractivity contribution < 1.29 is 13.5 Å². The molecule has 1 aromatic carbocycles. The van der Waals surface area contributed by atoms with E-state index in [2.05, 4.69) is 15.6 Å². The van der Waals surface area contributed by atoms with Gasteiger partial charge in [-0.3, -0.25) is 4.99 Å². The smallest absolute Gasteiger partial charge is 0.191 e. The zero-order valence-corrected chi connectivity index (χ0v) is 14.6. The maximum Gasteiger partial charge on any atom is 0.191 e. The largest absolute Gasteiger partial charge is 0.382 e. The van der Waals surface area contributed by atoms with Crippen molar-refractivity contribution in [3.63, 3.8) is 0 Å². The van der Waals surface area contributed by atoms with E-state index in [1.807, 2.05) is 6.92 Å².